The van der Waals surface area contributed by atoms with E-state index in [-0.39, 0.29) is 12.6 Å². The van der Waals surface area contributed by atoms with Crippen LogP contribution in [-0.2, 0) is 19.7 Å². The van der Waals surface area contributed by atoms with E-state index < -0.39 is 6.17 Å². The highest BCUT2D eigenvalue weighted by Crippen LogP contribution is 2.24. The van der Waals surface area contributed by atoms with Gasteiger partial charge in [0.1, 0.15) is 30.1 Å². The molecule has 2 aromatic heterocycles. The molecule has 2 atom stereocenters. The summed E-state index contributed by atoms with van der Waals surface area (Å²) in [7, 11) is 0. The molecule has 0 aromatic carbocycles. The Morgan fingerprint density at radius 1 is 1.38 bits per heavy atom. The maximum absolute atomic E-state index is 13.9. The van der Waals surface area contributed by atoms with Gasteiger partial charge >= 0.3 is 0 Å². The summed E-state index contributed by atoms with van der Waals surface area (Å²) in [5, 5.41) is 16.3. The van der Waals surface area contributed by atoms with E-state index >= 15 is 0 Å². The number of aliphatic hydroxyl groups is 1. The number of halogens is 1. The monoisotopic (exact) mass is 337 g/mol. The quantitative estimate of drug-likeness (QED) is 0.806. The van der Waals surface area contributed by atoms with Crippen molar-refractivity contribution in [3.63, 3.8) is 0 Å². The number of aryl methyl sites for hydroxylation is 2. The van der Waals surface area contributed by atoms with Gasteiger partial charge in [0.25, 0.3) is 0 Å². The van der Waals surface area contributed by atoms with Gasteiger partial charge in [-0.15, -0.1) is 0 Å². The van der Waals surface area contributed by atoms with Gasteiger partial charge in [-0.25, -0.2) is 4.39 Å². The van der Waals surface area contributed by atoms with Crippen molar-refractivity contribution in [1.82, 2.24) is 15.4 Å². The van der Waals surface area contributed by atoms with E-state index in [0.717, 1.165) is 22.8 Å². The van der Waals surface area contributed by atoms with Crippen molar-refractivity contribution in [2.75, 3.05) is 13.1 Å². The van der Waals surface area contributed by atoms with Gasteiger partial charge in [-0.1, -0.05) is 5.16 Å². The minimum absolute atomic E-state index is 0.0998. The summed E-state index contributed by atoms with van der Waals surface area (Å²) in [6.45, 7) is 6.04. The zero-order valence-corrected chi connectivity index (χ0v) is 14.1. The molecule has 24 heavy (non-hydrogen) atoms. The van der Waals surface area contributed by atoms with Crippen molar-refractivity contribution in [1.29, 1.82) is 0 Å². The Hall–Kier alpha value is -1.70. The summed E-state index contributed by atoms with van der Waals surface area (Å²) in [6, 6.07) is 3.72. The predicted molar refractivity (Wildman–Crippen MR) is 86.0 cm³/mol. The third-order valence-electron chi connectivity index (χ3n) is 4.57. The topological polar surface area (TPSA) is 74.7 Å². The molecule has 7 heteroatoms. The third kappa shape index (κ3) is 3.85. The Labute approximate surface area is 140 Å². The fraction of sp³-hybridized carbons (Fsp3) is 0.588. The van der Waals surface area contributed by atoms with Gasteiger partial charge in [-0.05, 0) is 32.4 Å². The van der Waals surface area contributed by atoms with Crippen LogP contribution in [0.5, 0.6) is 0 Å². The van der Waals surface area contributed by atoms with E-state index in [1.165, 1.54) is 0 Å². The minimum atomic E-state index is -0.804. The van der Waals surface area contributed by atoms with E-state index in [2.05, 4.69) is 15.4 Å². The molecule has 0 saturated carbocycles. The van der Waals surface area contributed by atoms with E-state index in [1.807, 2.05) is 19.9 Å². The minimum Gasteiger partial charge on any atom is -0.462 e. The molecule has 1 aliphatic rings. The molecular formula is C17H24FN3O3. The van der Waals surface area contributed by atoms with Crippen LogP contribution in [0.2, 0.25) is 0 Å². The number of aromatic nitrogens is 1. The fourth-order valence-electron chi connectivity index (χ4n) is 3.22. The summed E-state index contributed by atoms with van der Waals surface area (Å²) in [5.41, 5.74) is 1.92. The van der Waals surface area contributed by atoms with Crippen LogP contribution in [0, 0.1) is 13.8 Å². The molecule has 2 N–H and O–H groups in total. The summed E-state index contributed by atoms with van der Waals surface area (Å²) < 4.78 is 24.5. The molecule has 132 valence electrons. The van der Waals surface area contributed by atoms with Crippen LogP contribution in [-0.4, -0.2) is 40.5 Å². The maximum Gasteiger partial charge on any atom is 0.138 e. The molecule has 0 spiro atoms. The number of furan rings is 1. The van der Waals surface area contributed by atoms with Crippen LogP contribution in [0.4, 0.5) is 4.39 Å². The number of hydrogen-bond donors (Lipinski definition) is 2. The Kier molecular flexibility index (Phi) is 5.33. The zero-order valence-electron chi connectivity index (χ0n) is 14.1. The highest BCUT2D eigenvalue weighted by molar-refractivity contribution is 5.21. The number of aliphatic hydroxyl groups excluding tert-OH is 1. The van der Waals surface area contributed by atoms with Crippen LogP contribution in [0.25, 0.3) is 0 Å². The number of hydrogen-bond acceptors (Lipinski definition) is 6. The molecular weight excluding hydrogens is 313 g/mol. The van der Waals surface area contributed by atoms with Gasteiger partial charge < -0.3 is 19.4 Å². The Morgan fingerprint density at radius 3 is 2.83 bits per heavy atom. The van der Waals surface area contributed by atoms with Gasteiger partial charge in [-0.2, -0.15) is 0 Å². The first-order valence-corrected chi connectivity index (χ1v) is 8.26. The molecule has 0 aliphatic carbocycles. The molecule has 0 radical (unpaired) electrons. The summed E-state index contributed by atoms with van der Waals surface area (Å²) >= 11 is 0. The maximum atomic E-state index is 13.9. The molecule has 3 heterocycles. The summed E-state index contributed by atoms with van der Waals surface area (Å²) in [6.07, 6.45) is -0.280. The van der Waals surface area contributed by atoms with Crippen molar-refractivity contribution in [3.8, 4) is 0 Å². The van der Waals surface area contributed by atoms with Gasteiger partial charge in [-0.3, -0.25) is 4.90 Å². The standard InChI is InChI=1S/C17H24FN3O3/c1-11-17(12(2)24-20-11)9-21-8-13(18)5-14(21)6-19-7-15-3-4-16(10-22)23-15/h3-4,13-14,19,22H,5-10H2,1-2H3/t13-,14-/m0/s1. The van der Waals surface area contributed by atoms with Gasteiger partial charge in [0, 0.05) is 31.2 Å². The smallest absolute Gasteiger partial charge is 0.138 e. The molecule has 0 bridgehead atoms. The number of nitrogens with zero attached hydrogens (tertiary/aromatic N) is 2. The number of likely N-dealkylation sites (tertiary alicyclic amines) is 1. The molecule has 1 fully saturated rings. The molecule has 6 nitrogen and oxygen atoms in total. The second-order valence-electron chi connectivity index (χ2n) is 6.38. The first kappa shape index (κ1) is 17.1. The fourth-order valence-corrected chi connectivity index (χ4v) is 3.22. The predicted octanol–water partition coefficient (Wildman–Crippen LogP) is 2.08. The Bertz CT molecular complexity index is 650. The van der Waals surface area contributed by atoms with Gasteiger partial charge in [0.2, 0.25) is 0 Å². The normalized spacial score (nSPS) is 21.7. The molecule has 0 amide bonds. The van der Waals surface area contributed by atoms with E-state index in [4.69, 9.17) is 14.0 Å². The van der Waals surface area contributed by atoms with Crippen LogP contribution in [0.1, 0.15) is 35.0 Å². The summed E-state index contributed by atoms with van der Waals surface area (Å²) in [5.74, 6) is 2.12. The van der Waals surface area contributed by atoms with E-state index in [0.29, 0.717) is 38.4 Å². The second kappa shape index (κ2) is 7.46. The SMILES string of the molecule is Cc1noc(C)c1CN1C[C@@H](F)C[C@H]1CNCc1ccc(CO)o1. The van der Waals surface area contributed by atoms with Gasteiger partial charge in [0.15, 0.2) is 0 Å². The molecule has 3 rings (SSSR count). The van der Waals surface area contributed by atoms with Crippen molar-refractivity contribution in [3.05, 3.63) is 40.7 Å². The third-order valence-corrected chi connectivity index (χ3v) is 4.57. The lowest BCUT2D eigenvalue weighted by Crippen LogP contribution is -2.37. The van der Waals surface area contributed by atoms with Crippen LogP contribution in [0.3, 0.4) is 0 Å². The van der Waals surface area contributed by atoms with E-state index in [1.54, 1.807) is 6.07 Å². The van der Waals surface area contributed by atoms with Crippen LogP contribution >= 0.6 is 0 Å². The van der Waals surface area contributed by atoms with Crippen molar-refractivity contribution >= 4 is 0 Å². The van der Waals surface area contributed by atoms with Crippen molar-refractivity contribution in [2.24, 2.45) is 0 Å². The molecule has 1 aliphatic heterocycles. The number of rotatable bonds is 7. The summed E-state index contributed by atoms with van der Waals surface area (Å²) in [4.78, 5) is 2.14. The average molecular weight is 337 g/mol. The van der Waals surface area contributed by atoms with Crippen molar-refractivity contribution < 1.29 is 18.4 Å². The van der Waals surface area contributed by atoms with Crippen LogP contribution < -0.4 is 5.32 Å². The second-order valence-corrected chi connectivity index (χ2v) is 6.38. The van der Waals surface area contributed by atoms with Crippen LogP contribution in [0.15, 0.2) is 21.1 Å². The first-order valence-electron chi connectivity index (χ1n) is 8.26. The molecule has 2 aromatic rings. The average Bonchev–Trinajstić information content (AvgIpc) is 3.23. The highest BCUT2D eigenvalue weighted by Gasteiger charge is 2.32. The Morgan fingerprint density at radius 2 is 2.17 bits per heavy atom. The number of nitrogens with one attached hydrogen (secondary N) is 1. The Balaban J connectivity index is 1.55. The lowest BCUT2D eigenvalue weighted by atomic mass is 10.1. The van der Waals surface area contributed by atoms with Crippen molar-refractivity contribution in [2.45, 2.75) is 52.2 Å². The molecule has 0 unspecified atom stereocenters. The lowest BCUT2D eigenvalue weighted by molar-refractivity contribution is 0.225. The highest BCUT2D eigenvalue weighted by atomic mass is 19.1. The first-order chi connectivity index (χ1) is 11.6. The zero-order chi connectivity index (χ0) is 17.1. The van der Waals surface area contributed by atoms with Gasteiger partial charge in [0.05, 0.1) is 12.2 Å². The molecule has 1 saturated heterocycles. The number of alkyl halides is 1. The lowest BCUT2D eigenvalue weighted by Gasteiger charge is -2.24. The van der Waals surface area contributed by atoms with E-state index in [9.17, 15) is 4.39 Å². The largest absolute Gasteiger partial charge is 0.462 e.